The summed E-state index contributed by atoms with van der Waals surface area (Å²) < 4.78 is 11.2. The second kappa shape index (κ2) is 7.72. The van der Waals surface area contributed by atoms with Crippen molar-refractivity contribution in [2.24, 2.45) is 0 Å². The van der Waals surface area contributed by atoms with E-state index in [-0.39, 0.29) is 12.5 Å². The number of benzene rings is 1. The molecule has 7 nitrogen and oxygen atoms in total. The van der Waals surface area contributed by atoms with Crippen molar-refractivity contribution < 1.29 is 18.5 Å². The molecule has 0 spiro atoms. The summed E-state index contributed by atoms with van der Waals surface area (Å²) in [7, 11) is 1.88. The Morgan fingerprint density at radius 1 is 1.23 bits per heavy atom. The van der Waals surface area contributed by atoms with Crippen molar-refractivity contribution in [2.45, 2.75) is 20.4 Å². The third kappa shape index (κ3) is 4.30. The number of rotatable bonds is 6. The van der Waals surface area contributed by atoms with Gasteiger partial charge in [0.15, 0.2) is 13.1 Å². The molecule has 0 saturated heterocycles. The Kier molecular flexibility index (Phi) is 5.39. The van der Waals surface area contributed by atoms with Gasteiger partial charge in [-0.15, -0.1) is 10.2 Å². The molecule has 1 atom stereocenters. The lowest BCUT2D eigenvalue weighted by Crippen LogP contribution is -3.08. The van der Waals surface area contributed by atoms with Crippen LogP contribution in [0.2, 0.25) is 5.02 Å². The van der Waals surface area contributed by atoms with E-state index in [1.54, 1.807) is 12.1 Å². The largest absolute Gasteiger partial charge is 0.466 e. The molecule has 26 heavy (non-hydrogen) atoms. The maximum absolute atomic E-state index is 12.2. The monoisotopic (exact) mass is 375 g/mol. The van der Waals surface area contributed by atoms with Crippen LogP contribution in [0, 0.1) is 13.8 Å². The highest BCUT2D eigenvalue weighted by Crippen LogP contribution is 2.25. The summed E-state index contributed by atoms with van der Waals surface area (Å²) in [6, 6.07) is 8.98. The number of furan rings is 1. The lowest BCUT2D eigenvalue weighted by Gasteiger charge is -2.12. The Hall–Kier alpha value is -2.64. The van der Waals surface area contributed by atoms with E-state index in [1.807, 2.05) is 39.1 Å². The van der Waals surface area contributed by atoms with Gasteiger partial charge in [-0.25, -0.2) is 0 Å². The van der Waals surface area contributed by atoms with Gasteiger partial charge in [-0.2, -0.15) is 0 Å². The molecule has 0 saturated carbocycles. The molecule has 1 aromatic carbocycles. The Bertz CT molecular complexity index is 919. The zero-order chi connectivity index (χ0) is 18.7. The van der Waals surface area contributed by atoms with Crippen molar-refractivity contribution in [3.8, 4) is 11.5 Å². The molecule has 1 amide bonds. The highest BCUT2D eigenvalue weighted by molar-refractivity contribution is 6.33. The number of likely N-dealkylation sites (N-methyl/N-ethyl adjacent to an activating group) is 1. The molecule has 0 radical (unpaired) electrons. The third-order valence-electron chi connectivity index (χ3n) is 3.80. The molecule has 3 aromatic rings. The molecule has 0 fully saturated rings. The number of anilines is 1. The molecule has 0 aliphatic rings. The minimum Gasteiger partial charge on any atom is -0.466 e. The fourth-order valence-corrected chi connectivity index (χ4v) is 2.81. The minimum atomic E-state index is -0.142. The van der Waals surface area contributed by atoms with Crippen molar-refractivity contribution in [2.75, 3.05) is 18.9 Å². The molecule has 136 valence electrons. The van der Waals surface area contributed by atoms with Gasteiger partial charge >= 0.3 is 0 Å². The van der Waals surface area contributed by atoms with Crippen molar-refractivity contribution in [3.63, 3.8) is 0 Å². The van der Waals surface area contributed by atoms with E-state index in [9.17, 15) is 4.79 Å². The summed E-state index contributed by atoms with van der Waals surface area (Å²) in [6.07, 6.45) is 0. The van der Waals surface area contributed by atoms with Crippen molar-refractivity contribution in [3.05, 3.63) is 52.8 Å². The van der Waals surface area contributed by atoms with Crippen LogP contribution < -0.4 is 10.2 Å². The van der Waals surface area contributed by atoms with E-state index in [1.165, 1.54) is 0 Å². The van der Waals surface area contributed by atoms with Crippen LogP contribution in [0.15, 0.2) is 39.2 Å². The van der Waals surface area contributed by atoms with Gasteiger partial charge in [0, 0.05) is 0 Å². The number of carbonyl (C=O) groups excluding carboxylic acids is 1. The molecule has 2 aromatic heterocycles. The average Bonchev–Trinajstić information content (AvgIpc) is 3.15. The quantitative estimate of drug-likeness (QED) is 0.690. The van der Waals surface area contributed by atoms with E-state index in [0.29, 0.717) is 29.0 Å². The number of quaternary nitrogens is 1. The zero-order valence-electron chi connectivity index (χ0n) is 14.8. The number of aromatic nitrogens is 2. The van der Waals surface area contributed by atoms with Gasteiger partial charge in [-0.3, -0.25) is 4.79 Å². The van der Waals surface area contributed by atoms with Crippen LogP contribution in [0.25, 0.3) is 11.5 Å². The maximum Gasteiger partial charge on any atom is 0.279 e. The van der Waals surface area contributed by atoms with Crippen molar-refractivity contribution >= 4 is 23.2 Å². The second-order valence-electron chi connectivity index (χ2n) is 6.17. The van der Waals surface area contributed by atoms with E-state index < -0.39 is 0 Å². The molecule has 1 unspecified atom stereocenters. The smallest absolute Gasteiger partial charge is 0.279 e. The summed E-state index contributed by atoms with van der Waals surface area (Å²) in [5.41, 5.74) is 1.38. The molecular weight excluding hydrogens is 356 g/mol. The highest BCUT2D eigenvalue weighted by atomic mass is 35.5. The summed E-state index contributed by atoms with van der Waals surface area (Å²) in [6.45, 7) is 4.39. The van der Waals surface area contributed by atoms with Crippen LogP contribution in [0.5, 0.6) is 0 Å². The van der Waals surface area contributed by atoms with Gasteiger partial charge < -0.3 is 19.1 Å². The van der Waals surface area contributed by atoms with Gasteiger partial charge in [0.1, 0.15) is 11.5 Å². The third-order valence-corrected chi connectivity index (χ3v) is 4.13. The number of nitrogens with one attached hydrogen (secondary N) is 2. The number of para-hydroxylation sites is 1. The SMILES string of the molecule is Cc1cc(-c2nnc(C[NH+](C)CC(=O)Nc3ccccc3Cl)o2)c(C)o1. The van der Waals surface area contributed by atoms with E-state index in [4.69, 9.17) is 20.4 Å². The molecule has 2 N–H and O–H groups in total. The predicted molar refractivity (Wildman–Crippen MR) is 97.0 cm³/mol. The number of aryl methyl sites for hydroxylation is 2. The Morgan fingerprint density at radius 3 is 2.69 bits per heavy atom. The average molecular weight is 376 g/mol. The molecular formula is C18H20ClN4O3+. The van der Waals surface area contributed by atoms with Gasteiger partial charge in [0.25, 0.3) is 17.7 Å². The van der Waals surface area contributed by atoms with Crippen LogP contribution in [0.4, 0.5) is 5.69 Å². The number of amides is 1. The maximum atomic E-state index is 12.2. The molecule has 0 aliphatic heterocycles. The van der Waals surface area contributed by atoms with E-state index in [0.717, 1.165) is 22.0 Å². The summed E-state index contributed by atoms with van der Waals surface area (Å²) >= 11 is 6.05. The zero-order valence-corrected chi connectivity index (χ0v) is 15.6. The molecule has 0 aliphatic carbocycles. The van der Waals surface area contributed by atoms with Gasteiger partial charge in [-0.1, -0.05) is 23.7 Å². The molecule has 3 rings (SSSR count). The van der Waals surface area contributed by atoms with Crippen molar-refractivity contribution in [1.82, 2.24) is 10.2 Å². The van der Waals surface area contributed by atoms with E-state index >= 15 is 0 Å². The fourth-order valence-electron chi connectivity index (χ4n) is 2.63. The fraction of sp³-hybridized carbons (Fsp3) is 0.278. The van der Waals surface area contributed by atoms with Crippen LogP contribution >= 0.6 is 11.6 Å². The number of halogens is 1. The Morgan fingerprint density at radius 2 is 2.00 bits per heavy atom. The van der Waals surface area contributed by atoms with E-state index in [2.05, 4.69) is 15.5 Å². The van der Waals surface area contributed by atoms with Crippen LogP contribution in [-0.2, 0) is 11.3 Å². The first-order valence-electron chi connectivity index (χ1n) is 8.18. The van der Waals surface area contributed by atoms with Crippen LogP contribution in [-0.4, -0.2) is 29.7 Å². The Balaban J connectivity index is 1.58. The highest BCUT2D eigenvalue weighted by Gasteiger charge is 2.18. The topological polar surface area (TPSA) is 85.6 Å². The van der Waals surface area contributed by atoms with Gasteiger partial charge in [-0.05, 0) is 32.0 Å². The predicted octanol–water partition coefficient (Wildman–Crippen LogP) is 2.25. The Labute approximate surface area is 156 Å². The second-order valence-corrected chi connectivity index (χ2v) is 6.57. The standard InChI is InChI=1S/C18H19ClN4O3/c1-11-8-13(12(2)25-11)18-22-21-17(26-18)10-23(3)9-16(24)20-15-7-5-4-6-14(15)19/h4-8H,9-10H2,1-3H3,(H,20,24)/p+1. The van der Waals surface area contributed by atoms with Gasteiger partial charge in [0.05, 0.1) is 23.3 Å². The minimum absolute atomic E-state index is 0.142. The summed E-state index contributed by atoms with van der Waals surface area (Å²) in [4.78, 5) is 13.1. The number of nitrogens with zero attached hydrogens (tertiary/aromatic N) is 2. The summed E-state index contributed by atoms with van der Waals surface area (Å²) in [5, 5.41) is 11.4. The molecule has 0 bridgehead atoms. The number of carbonyl (C=O) groups is 1. The molecule has 2 heterocycles. The van der Waals surface area contributed by atoms with Crippen molar-refractivity contribution in [1.29, 1.82) is 0 Å². The lowest BCUT2D eigenvalue weighted by atomic mass is 10.2. The normalized spacial score (nSPS) is 12.2. The van der Waals surface area contributed by atoms with Crippen LogP contribution in [0.3, 0.4) is 0 Å². The number of hydrogen-bond acceptors (Lipinski definition) is 5. The van der Waals surface area contributed by atoms with Crippen LogP contribution in [0.1, 0.15) is 17.4 Å². The van der Waals surface area contributed by atoms with Gasteiger partial charge in [0.2, 0.25) is 0 Å². The first-order valence-corrected chi connectivity index (χ1v) is 8.55. The lowest BCUT2D eigenvalue weighted by molar-refractivity contribution is -0.886. The first kappa shape index (κ1) is 18.2. The first-order chi connectivity index (χ1) is 12.4. The summed E-state index contributed by atoms with van der Waals surface area (Å²) in [5.74, 6) is 2.26. The molecule has 8 heteroatoms. The number of hydrogen-bond donors (Lipinski definition) is 2.